The summed E-state index contributed by atoms with van der Waals surface area (Å²) in [6, 6.07) is 15.7. The normalized spacial score (nSPS) is 11.1. The lowest BCUT2D eigenvalue weighted by molar-refractivity contribution is -0.119. The Bertz CT molecular complexity index is 1090. The van der Waals surface area contributed by atoms with Crippen LogP contribution in [0.2, 0.25) is 0 Å². The molecule has 0 fully saturated rings. The maximum atomic E-state index is 12.2. The molecule has 7 heteroatoms. The molecule has 0 spiro atoms. The zero-order valence-electron chi connectivity index (χ0n) is 13.6. The molecule has 0 aliphatic heterocycles. The number of nitrogens with two attached hydrogens (primary N) is 1. The van der Waals surface area contributed by atoms with Crippen LogP contribution >= 0.6 is 0 Å². The van der Waals surface area contributed by atoms with Crippen LogP contribution in [-0.2, 0) is 4.79 Å². The monoisotopic (exact) mass is 346 g/mol. The molecule has 128 valence electrons. The minimum atomic E-state index is -0.563. The fraction of sp³-hybridized carbons (Fsp3) is 0.0526. The molecule has 3 rings (SSSR count). The number of aromatic nitrogens is 2. The molecule has 1 heterocycles. The Hall–Kier alpha value is -3.92. The summed E-state index contributed by atoms with van der Waals surface area (Å²) in [5.74, 6) is 0.119. The van der Waals surface area contributed by atoms with Crippen molar-refractivity contribution in [2.24, 2.45) is 5.73 Å². The van der Waals surface area contributed by atoms with Crippen molar-refractivity contribution in [3.63, 3.8) is 0 Å². The van der Waals surface area contributed by atoms with Crippen molar-refractivity contribution in [1.29, 1.82) is 5.26 Å². The van der Waals surface area contributed by atoms with Crippen LogP contribution in [-0.4, -0.2) is 22.5 Å². The zero-order valence-corrected chi connectivity index (χ0v) is 13.6. The van der Waals surface area contributed by atoms with Gasteiger partial charge in [-0.05, 0) is 35.9 Å². The summed E-state index contributed by atoms with van der Waals surface area (Å²) in [5, 5.41) is 9.91. The van der Waals surface area contributed by atoms with Gasteiger partial charge in [-0.1, -0.05) is 24.3 Å². The number of nitrogens with zero attached hydrogens (tertiary/aromatic N) is 2. The molecule has 3 N–H and O–H groups in total. The second-order valence-electron chi connectivity index (χ2n) is 5.43. The molecule has 26 heavy (non-hydrogen) atoms. The highest BCUT2D eigenvalue weighted by atomic mass is 16.5. The number of aromatic amines is 1. The van der Waals surface area contributed by atoms with Crippen molar-refractivity contribution in [3.8, 4) is 11.8 Å². The van der Waals surface area contributed by atoms with Crippen molar-refractivity contribution in [3.05, 3.63) is 70.3 Å². The zero-order chi connectivity index (χ0) is 18.5. The van der Waals surface area contributed by atoms with Gasteiger partial charge >= 0.3 is 0 Å². The minimum Gasteiger partial charge on any atom is -0.484 e. The maximum absolute atomic E-state index is 12.2. The van der Waals surface area contributed by atoms with Crippen LogP contribution < -0.4 is 16.0 Å². The van der Waals surface area contributed by atoms with Crippen LogP contribution in [0.1, 0.15) is 11.4 Å². The molecule has 0 saturated carbocycles. The number of nitrogens with one attached hydrogen (secondary N) is 1. The van der Waals surface area contributed by atoms with Gasteiger partial charge in [0.05, 0.1) is 16.5 Å². The first-order valence-corrected chi connectivity index (χ1v) is 7.69. The van der Waals surface area contributed by atoms with Crippen molar-refractivity contribution < 1.29 is 9.53 Å². The van der Waals surface area contributed by atoms with Crippen molar-refractivity contribution in [2.45, 2.75) is 0 Å². The van der Waals surface area contributed by atoms with E-state index in [9.17, 15) is 14.9 Å². The van der Waals surface area contributed by atoms with Gasteiger partial charge in [-0.15, -0.1) is 0 Å². The fourth-order valence-electron chi connectivity index (χ4n) is 2.35. The number of nitriles is 1. The topological polar surface area (TPSA) is 122 Å². The molecule has 0 aliphatic rings. The van der Waals surface area contributed by atoms with Gasteiger partial charge in [0.25, 0.3) is 11.5 Å². The Labute approximate surface area is 148 Å². The molecule has 3 aromatic rings. The first-order valence-electron chi connectivity index (χ1n) is 7.69. The third-order valence-electron chi connectivity index (χ3n) is 3.56. The number of carbonyl (C=O) groups excluding carboxylic acids is 1. The summed E-state index contributed by atoms with van der Waals surface area (Å²) in [7, 11) is 0. The Morgan fingerprint density at radius 1 is 1.23 bits per heavy atom. The quantitative estimate of drug-likeness (QED) is 0.683. The summed E-state index contributed by atoms with van der Waals surface area (Å²) in [6.07, 6.45) is 1.60. The summed E-state index contributed by atoms with van der Waals surface area (Å²) in [4.78, 5) is 29.9. The SMILES string of the molecule is N#CC(=Cc1ccc(OCC(N)=O)cc1)c1nc2ccccc2c(=O)[nH]1. The highest BCUT2D eigenvalue weighted by Gasteiger charge is 2.08. The number of rotatable bonds is 5. The highest BCUT2D eigenvalue weighted by molar-refractivity contribution is 5.89. The van der Waals surface area contributed by atoms with Gasteiger partial charge in [0, 0.05) is 0 Å². The third-order valence-corrected chi connectivity index (χ3v) is 3.56. The van der Waals surface area contributed by atoms with Gasteiger partial charge < -0.3 is 15.5 Å². The molecule has 7 nitrogen and oxygen atoms in total. The number of hydrogen-bond donors (Lipinski definition) is 2. The first-order chi connectivity index (χ1) is 12.6. The van der Waals surface area contributed by atoms with E-state index in [1.54, 1.807) is 54.6 Å². The van der Waals surface area contributed by atoms with E-state index in [1.807, 2.05) is 6.07 Å². The van der Waals surface area contributed by atoms with E-state index < -0.39 is 5.91 Å². The molecule has 2 aromatic carbocycles. The number of H-pyrrole nitrogens is 1. The molecule has 1 aromatic heterocycles. The minimum absolute atomic E-state index is 0.199. The lowest BCUT2D eigenvalue weighted by atomic mass is 10.1. The molecule has 0 bridgehead atoms. The van der Waals surface area contributed by atoms with Crippen LogP contribution in [0.4, 0.5) is 0 Å². The van der Waals surface area contributed by atoms with Crippen molar-refractivity contribution in [1.82, 2.24) is 9.97 Å². The third kappa shape index (κ3) is 3.76. The molecule has 1 amide bonds. The van der Waals surface area contributed by atoms with Gasteiger partial charge in [0.1, 0.15) is 11.8 Å². The molecule has 0 aliphatic carbocycles. The number of hydrogen-bond acceptors (Lipinski definition) is 5. The van der Waals surface area contributed by atoms with Crippen LogP contribution in [0.25, 0.3) is 22.6 Å². The van der Waals surface area contributed by atoms with E-state index in [2.05, 4.69) is 9.97 Å². The van der Waals surface area contributed by atoms with Gasteiger partial charge in [0.2, 0.25) is 0 Å². The van der Waals surface area contributed by atoms with Crippen LogP contribution in [0.3, 0.4) is 0 Å². The van der Waals surface area contributed by atoms with Gasteiger partial charge in [-0.25, -0.2) is 4.98 Å². The number of amides is 1. The van der Waals surface area contributed by atoms with E-state index in [0.717, 1.165) is 0 Å². The Kier molecular flexibility index (Phi) is 4.76. The van der Waals surface area contributed by atoms with Crippen LogP contribution in [0.5, 0.6) is 5.75 Å². The lowest BCUT2D eigenvalue weighted by Crippen LogP contribution is -2.19. The number of allylic oxidation sites excluding steroid dienone is 1. The Morgan fingerprint density at radius 3 is 2.65 bits per heavy atom. The molecule has 0 atom stereocenters. The lowest BCUT2D eigenvalue weighted by Gasteiger charge is -2.04. The molecule has 0 unspecified atom stereocenters. The average Bonchev–Trinajstić information content (AvgIpc) is 2.65. The fourth-order valence-corrected chi connectivity index (χ4v) is 2.35. The Balaban J connectivity index is 1.92. The summed E-state index contributed by atoms with van der Waals surface area (Å²) >= 11 is 0. The van der Waals surface area contributed by atoms with E-state index in [-0.39, 0.29) is 23.6 Å². The molecule has 0 radical (unpaired) electrons. The maximum Gasteiger partial charge on any atom is 0.259 e. The molecular formula is C19H14N4O3. The van der Waals surface area contributed by atoms with Gasteiger partial charge in [-0.3, -0.25) is 9.59 Å². The van der Waals surface area contributed by atoms with Gasteiger partial charge in [-0.2, -0.15) is 5.26 Å². The van der Waals surface area contributed by atoms with Crippen LogP contribution in [0, 0.1) is 11.3 Å². The van der Waals surface area contributed by atoms with E-state index in [0.29, 0.717) is 22.2 Å². The number of ether oxygens (including phenoxy) is 1. The number of fused-ring (bicyclic) bond motifs is 1. The number of primary amides is 1. The summed E-state index contributed by atoms with van der Waals surface area (Å²) in [6.45, 7) is -0.207. The molecule has 0 saturated heterocycles. The average molecular weight is 346 g/mol. The predicted molar refractivity (Wildman–Crippen MR) is 97.0 cm³/mol. The van der Waals surface area contributed by atoms with Crippen molar-refractivity contribution in [2.75, 3.05) is 6.61 Å². The Morgan fingerprint density at radius 2 is 1.96 bits per heavy atom. The second-order valence-corrected chi connectivity index (χ2v) is 5.43. The predicted octanol–water partition coefficient (Wildman–Crippen LogP) is 1.85. The van der Waals surface area contributed by atoms with E-state index >= 15 is 0 Å². The standard InChI is InChI=1S/C19H14N4O3/c20-10-13(9-12-5-7-14(8-6-12)26-11-17(21)24)18-22-16-4-2-1-3-15(16)19(25)23-18/h1-9H,11H2,(H2,21,24)(H,22,23,25). The summed E-state index contributed by atoms with van der Waals surface area (Å²) in [5.41, 5.74) is 6.17. The summed E-state index contributed by atoms with van der Waals surface area (Å²) < 4.78 is 5.18. The first kappa shape index (κ1) is 16.9. The largest absolute Gasteiger partial charge is 0.484 e. The van der Waals surface area contributed by atoms with E-state index in [4.69, 9.17) is 10.5 Å². The number of para-hydroxylation sites is 1. The van der Waals surface area contributed by atoms with E-state index in [1.165, 1.54) is 0 Å². The van der Waals surface area contributed by atoms with Crippen LogP contribution in [0.15, 0.2) is 53.3 Å². The number of benzene rings is 2. The second kappa shape index (κ2) is 7.32. The van der Waals surface area contributed by atoms with Gasteiger partial charge in [0.15, 0.2) is 12.4 Å². The van der Waals surface area contributed by atoms with Crippen molar-refractivity contribution >= 4 is 28.5 Å². The smallest absolute Gasteiger partial charge is 0.259 e. The highest BCUT2D eigenvalue weighted by Crippen LogP contribution is 2.18. The molecular weight excluding hydrogens is 332 g/mol. The number of carbonyl (C=O) groups is 1.